The minimum Gasteiger partial charge on any atom is -0.348 e. The summed E-state index contributed by atoms with van der Waals surface area (Å²) >= 11 is 7.74. The molecule has 0 fully saturated rings. The maximum absolute atomic E-state index is 12.4. The molecule has 5 heteroatoms. The molecule has 3 nitrogen and oxygen atoms in total. The van der Waals surface area contributed by atoms with E-state index in [0.717, 1.165) is 17.4 Å². The molecule has 1 aromatic rings. The van der Waals surface area contributed by atoms with Crippen LogP contribution in [0.1, 0.15) is 30.6 Å². The normalized spacial score (nSPS) is 12.8. The molecule has 112 valence electrons. The summed E-state index contributed by atoms with van der Waals surface area (Å²) in [6.07, 6.45) is 0.961. The molecule has 0 aliphatic heterocycles. The summed E-state index contributed by atoms with van der Waals surface area (Å²) in [5.41, 5.74) is 0.615. The number of thiol groups is 1. The molecule has 0 aliphatic carbocycles. The van der Waals surface area contributed by atoms with Crippen molar-refractivity contribution in [2.75, 3.05) is 20.6 Å². The van der Waals surface area contributed by atoms with Gasteiger partial charge in [0.1, 0.15) is 0 Å². The number of hydrogen-bond acceptors (Lipinski definition) is 3. The number of nitrogens with one attached hydrogen (secondary N) is 1. The third kappa shape index (κ3) is 5.85. The van der Waals surface area contributed by atoms with Crippen LogP contribution in [0.2, 0.25) is 0 Å². The van der Waals surface area contributed by atoms with Crippen LogP contribution >= 0.6 is 28.6 Å². The lowest BCUT2D eigenvalue weighted by molar-refractivity contribution is 0.0921. The molecule has 0 radical (unpaired) electrons. The van der Waals surface area contributed by atoms with Crippen LogP contribution in [0, 0.1) is 5.92 Å². The van der Waals surface area contributed by atoms with Gasteiger partial charge in [-0.15, -0.1) is 12.6 Å². The minimum atomic E-state index is -0.0602. The zero-order valence-electron chi connectivity index (χ0n) is 12.5. The van der Waals surface area contributed by atoms with Crippen molar-refractivity contribution in [2.45, 2.75) is 31.2 Å². The van der Waals surface area contributed by atoms with E-state index < -0.39 is 0 Å². The highest BCUT2D eigenvalue weighted by Crippen LogP contribution is 2.20. The van der Waals surface area contributed by atoms with Gasteiger partial charge in [0.25, 0.3) is 5.91 Å². The first-order valence-electron chi connectivity index (χ1n) is 6.73. The molecule has 0 spiro atoms. The second-order valence-electron chi connectivity index (χ2n) is 5.72. The fraction of sp³-hybridized carbons (Fsp3) is 0.533. The Morgan fingerprint density at radius 1 is 1.40 bits per heavy atom. The minimum absolute atomic E-state index is 0.0602. The Morgan fingerprint density at radius 3 is 2.55 bits per heavy atom. The van der Waals surface area contributed by atoms with E-state index in [1.54, 1.807) is 6.07 Å². The van der Waals surface area contributed by atoms with E-state index >= 15 is 0 Å². The zero-order chi connectivity index (χ0) is 15.3. The van der Waals surface area contributed by atoms with Crippen LogP contribution < -0.4 is 5.32 Å². The smallest absolute Gasteiger partial charge is 0.252 e. The van der Waals surface area contributed by atoms with E-state index in [1.165, 1.54) is 0 Å². The second-order valence-corrected chi connectivity index (χ2v) is 7.12. The number of likely N-dealkylation sites (N-methyl/N-ethyl adjacent to an activating group) is 1. The van der Waals surface area contributed by atoms with Gasteiger partial charge < -0.3 is 10.2 Å². The molecule has 0 saturated heterocycles. The van der Waals surface area contributed by atoms with Crippen molar-refractivity contribution in [2.24, 2.45) is 5.92 Å². The van der Waals surface area contributed by atoms with Crippen molar-refractivity contribution in [3.63, 3.8) is 0 Å². The number of nitrogens with zero attached hydrogens (tertiary/aromatic N) is 1. The monoisotopic (exact) mass is 358 g/mol. The highest BCUT2D eigenvalue weighted by molar-refractivity contribution is 9.10. The van der Waals surface area contributed by atoms with Gasteiger partial charge in [-0.1, -0.05) is 29.8 Å². The van der Waals surface area contributed by atoms with Gasteiger partial charge in [-0.05, 0) is 44.6 Å². The quantitative estimate of drug-likeness (QED) is 0.763. The van der Waals surface area contributed by atoms with Gasteiger partial charge in [0.2, 0.25) is 0 Å². The van der Waals surface area contributed by atoms with Crippen LogP contribution in [0.4, 0.5) is 0 Å². The van der Waals surface area contributed by atoms with Crippen molar-refractivity contribution < 1.29 is 4.79 Å². The predicted octanol–water partition coefficient (Wildman–Crippen LogP) is 3.44. The van der Waals surface area contributed by atoms with Crippen molar-refractivity contribution in [1.82, 2.24) is 10.2 Å². The fourth-order valence-corrected chi connectivity index (χ4v) is 3.00. The van der Waals surface area contributed by atoms with E-state index in [2.05, 4.69) is 52.6 Å². The van der Waals surface area contributed by atoms with Gasteiger partial charge >= 0.3 is 0 Å². The first-order chi connectivity index (χ1) is 9.29. The van der Waals surface area contributed by atoms with Crippen LogP contribution in [-0.4, -0.2) is 37.5 Å². The molecule has 1 rings (SSSR count). The molecule has 1 aromatic carbocycles. The molecule has 0 aromatic heterocycles. The largest absolute Gasteiger partial charge is 0.348 e. The predicted molar refractivity (Wildman–Crippen MR) is 90.7 cm³/mol. The molecule has 0 aliphatic rings. The van der Waals surface area contributed by atoms with Gasteiger partial charge in [-0.2, -0.15) is 0 Å². The number of carbonyl (C=O) groups is 1. The zero-order valence-corrected chi connectivity index (χ0v) is 15.0. The highest BCUT2D eigenvalue weighted by atomic mass is 79.9. The van der Waals surface area contributed by atoms with Crippen LogP contribution in [0.15, 0.2) is 27.6 Å². The molecular formula is C15H23BrN2OS. The van der Waals surface area contributed by atoms with Crippen molar-refractivity contribution >= 4 is 34.5 Å². The summed E-state index contributed by atoms with van der Waals surface area (Å²) in [5.74, 6) is 0.482. The molecule has 1 unspecified atom stereocenters. The maximum atomic E-state index is 12.4. The third-order valence-corrected chi connectivity index (χ3v) is 3.74. The number of benzene rings is 1. The van der Waals surface area contributed by atoms with Crippen molar-refractivity contribution in [1.29, 1.82) is 0 Å². The summed E-state index contributed by atoms with van der Waals surface area (Å²) in [6.45, 7) is 5.17. The van der Waals surface area contributed by atoms with E-state index in [1.807, 2.05) is 26.2 Å². The van der Waals surface area contributed by atoms with Gasteiger partial charge in [-0.25, -0.2) is 0 Å². The number of amides is 1. The van der Waals surface area contributed by atoms with Crippen molar-refractivity contribution in [3.05, 3.63) is 28.2 Å². The molecular weight excluding hydrogens is 336 g/mol. The summed E-state index contributed by atoms with van der Waals surface area (Å²) in [6, 6.07) is 5.64. The standard InChI is InChI=1S/C15H23BrN2OS/c1-10(2)7-12(9-18(3)4)17-15(19)13-6-5-11(16)8-14(13)20/h5-6,8,10,12,20H,7,9H2,1-4H3,(H,17,19). The summed E-state index contributed by atoms with van der Waals surface area (Å²) in [7, 11) is 4.03. The van der Waals surface area contributed by atoms with Crippen molar-refractivity contribution in [3.8, 4) is 0 Å². The van der Waals surface area contributed by atoms with E-state index in [4.69, 9.17) is 0 Å². The van der Waals surface area contributed by atoms with Gasteiger partial charge in [0, 0.05) is 22.0 Å². The summed E-state index contributed by atoms with van der Waals surface area (Å²) in [4.78, 5) is 15.1. The molecule has 1 N–H and O–H groups in total. The van der Waals surface area contributed by atoms with Crippen LogP contribution in [-0.2, 0) is 0 Å². The van der Waals surface area contributed by atoms with Crippen LogP contribution in [0.5, 0.6) is 0 Å². The first-order valence-corrected chi connectivity index (χ1v) is 7.97. The maximum Gasteiger partial charge on any atom is 0.252 e. The number of hydrogen-bond donors (Lipinski definition) is 2. The number of halogens is 1. The van der Waals surface area contributed by atoms with E-state index in [0.29, 0.717) is 16.4 Å². The highest BCUT2D eigenvalue weighted by Gasteiger charge is 2.17. The average Bonchev–Trinajstić information content (AvgIpc) is 2.26. The fourth-order valence-electron chi connectivity index (χ4n) is 2.15. The molecule has 0 heterocycles. The Balaban J connectivity index is 2.78. The van der Waals surface area contributed by atoms with Gasteiger partial charge in [-0.3, -0.25) is 4.79 Å². The Labute approximate surface area is 135 Å². The van der Waals surface area contributed by atoms with Crippen LogP contribution in [0.25, 0.3) is 0 Å². The Bertz CT molecular complexity index is 453. The summed E-state index contributed by atoms with van der Waals surface area (Å²) in [5, 5.41) is 3.11. The second kappa shape index (κ2) is 8.05. The molecule has 0 bridgehead atoms. The van der Waals surface area contributed by atoms with Crippen LogP contribution in [0.3, 0.4) is 0 Å². The van der Waals surface area contributed by atoms with E-state index in [-0.39, 0.29) is 11.9 Å². The Kier molecular flexibility index (Phi) is 7.06. The first kappa shape index (κ1) is 17.5. The number of rotatable bonds is 6. The van der Waals surface area contributed by atoms with Gasteiger partial charge in [0.15, 0.2) is 0 Å². The summed E-state index contributed by atoms with van der Waals surface area (Å²) < 4.78 is 0.922. The Hall–Kier alpha value is -0.520. The topological polar surface area (TPSA) is 32.3 Å². The Morgan fingerprint density at radius 2 is 2.05 bits per heavy atom. The lowest BCUT2D eigenvalue weighted by Crippen LogP contribution is -2.42. The third-order valence-electron chi connectivity index (χ3n) is 2.88. The average molecular weight is 359 g/mol. The number of carbonyl (C=O) groups excluding carboxylic acids is 1. The van der Waals surface area contributed by atoms with E-state index in [9.17, 15) is 4.79 Å². The lowest BCUT2D eigenvalue weighted by Gasteiger charge is -2.24. The molecule has 1 atom stereocenters. The molecule has 20 heavy (non-hydrogen) atoms. The molecule has 1 amide bonds. The lowest BCUT2D eigenvalue weighted by atomic mass is 10.0. The van der Waals surface area contributed by atoms with Gasteiger partial charge in [0.05, 0.1) is 5.56 Å². The SMILES string of the molecule is CC(C)CC(CN(C)C)NC(=O)c1ccc(Br)cc1S. The molecule has 0 saturated carbocycles.